The van der Waals surface area contributed by atoms with Crippen molar-refractivity contribution in [3.05, 3.63) is 94.6 Å². The van der Waals surface area contributed by atoms with Gasteiger partial charge in [-0.3, -0.25) is 14.4 Å². The highest BCUT2D eigenvalue weighted by Gasteiger charge is 2.19. The Kier molecular flexibility index (Phi) is 6.03. The maximum atomic E-state index is 12.8. The average molecular weight is 428 g/mol. The molecule has 1 heterocycles. The van der Waals surface area contributed by atoms with E-state index >= 15 is 0 Å². The summed E-state index contributed by atoms with van der Waals surface area (Å²) in [6.45, 7) is 1.47. The van der Waals surface area contributed by atoms with E-state index in [4.69, 9.17) is 4.74 Å². The molecule has 4 rings (SSSR count). The maximum absolute atomic E-state index is 12.8. The summed E-state index contributed by atoms with van der Waals surface area (Å²) in [6.07, 6.45) is 0. The van der Waals surface area contributed by atoms with Crippen LogP contribution >= 0.6 is 0 Å². The standard InChI is InChI=1S/C26H24N2O4/c1-18(19-10-4-3-5-11-19)27(2)24(29)17-32-25(30)16-28-22-14-8-6-12-20(22)26(31)21-13-7-9-15-23(21)28/h3-15,18H,16-17H2,1-2H3. The second-order valence-electron chi connectivity index (χ2n) is 7.70. The van der Waals surface area contributed by atoms with Crippen LogP contribution in [0, 0.1) is 0 Å². The number of benzene rings is 3. The van der Waals surface area contributed by atoms with Gasteiger partial charge in [0.25, 0.3) is 5.91 Å². The summed E-state index contributed by atoms with van der Waals surface area (Å²) in [5, 5.41) is 1.07. The summed E-state index contributed by atoms with van der Waals surface area (Å²) in [4.78, 5) is 39.6. The zero-order chi connectivity index (χ0) is 22.7. The second-order valence-corrected chi connectivity index (χ2v) is 7.70. The molecule has 0 radical (unpaired) electrons. The molecule has 0 saturated carbocycles. The Morgan fingerprint density at radius 3 is 2.00 bits per heavy atom. The van der Waals surface area contributed by atoms with E-state index in [0.29, 0.717) is 21.8 Å². The van der Waals surface area contributed by atoms with E-state index in [1.807, 2.05) is 49.4 Å². The van der Waals surface area contributed by atoms with Crippen molar-refractivity contribution >= 4 is 33.7 Å². The summed E-state index contributed by atoms with van der Waals surface area (Å²) in [5.74, 6) is -0.831. The Morgan fingerprint density at radius 1 is 0.875 bits per heavy atom. The van der Waals surface area contributed by atoms with Crippen molar-refractivity contribution in [1.29, 1.82) is 0 Å². The van der Waals surface area contributed by atoms with Crippen molar-refractivity contribution in [1.82, 2.24) is 9.47 Å². The van der Waals surface area contributed by atoms with Gasteiger partial charge in [0.1, 0.15) is 6.54 Å². The van der Waals surface area contributed by atoms with Crippen molar-refractivity contribution in [3.8, 4) is 0 Å². The molecular weight excluding hydrogens is 404 g/mol. The molecule has 32 heavy (non-hydrogen) atoms. The lowest BCUT2D eigenvalue weighted by molar-refractivity contribution is -0.152. The molecule has 3 aromatic carbocycles. The largest absolute Gasteiger partial charge is 0.454 e. The van der Waals surface area contributed by atoms with Gasteiger partial charge in [0.05, 0.1) is 17.1 Å². The first-order valence-electron chi connectivity index (χ1n) is 10.4. The Hall–Kier alpha value is -3.93. The molecule has 0 saturated heterocycles. The van der Waals surface area contributed by atoms with Crippen molar-refractivity contribution in [3.63, 3.8) is 0 Å². The maximum Gasteiger partial charge on any atom is 0.326 e. The number of nitrogens with zero attached hydrogens (tertiary/aromatic N) is 2. The number of hydrogen-bond donors (Lipinski definition) is 0. The van der Waals surface area contributed by atoms with E-state index in [9.17, 15) is 14.4 Å². The molecule has 0 aliphatic rings. The van der Waals surface area contributed by atoms with Gasteiger partial charge in [0.2, 0.25) is 0 Å². The molecular formula is C26H24N2O4. The van der Waals surface area contributed by atoms with E-state index < -0.39 is 5.97 Å². The number of carbonyl (C=O) groups is 2. The number of ether oxygens (including phenoxy) is 1. The summed E-state index contributed by atoms with van der Waals surface area (Å²) < 4.78 is 7.07. The molecule has 1 amide bonds. The molecule has 4 aromatic rings. The Morgan fingerprint density at radius 2 is 1.41 bits per heavy atom. The predicted molar refractivity (Wildman–Crippen MR) is 124 cm³/mol. The molecule has 6 nitrogen and oxygen atoms in total. The Bertz CT molecular complexity index is 1280. The summed E-state index contributed by atoms with van der Waals surface area (Å²) in [5.41, 5.74) is 2.22. The number of esters is 1. The minimum absolute atomic E-state index is 0.0764. The minimum Gasteiger partial charge on any atom is -0.454 e. The first-order valence-corrected chi connectivity index (χ1v) is 10.4. The number of aromatic nitrogens is 1. The normalized spacial score (nSPS) is 11.9. The van der Waals surface area contributed by atoms with Crippen molar-refractivity contribution in [2.75, 3.05) is 13.7 Å². The fraction of sp³-hybridized carbons (Fsp3) is 0.192. The number of fused-ring (bicyclic) bond motifs is 2. The van der Waals surface area contributed by atoms with Crippen LogP contribution in [-0.4, -0.2) is 35.0 Å². The van der Waals surface area contributed by atoms with E-state index in [2.05, 4.69) is 0 Å². The first kappa shape index (κ1) is 21.3. The van der Waals surface area contributed by atoms with Gasteiger partial charge in [-0.1, -0.05) is 54.6 Å². The first-order chi connectivity index (χ1) is 15.5. The lowest BCUT2D eigenvalue weighted by Crippen LogP contribution is -2.34. The quantitative estimate of drug-likeness (QED) is 0.345. The lowest BCUT2D eigenvalue weighted by Gasteiger charge is -2.25. The highest BCUT2D eigenvalue weighted by Crippen LogP contribution is 2.20. The number of rotatable bonds is 6. The number of amides is 1. The smallest absolute Gasteiger partial charge is 0.326 e. The monoisotopic (exact) mass is 428 g/mol. The van der Waals surface area contributed by atoms with Gasteiger partial charge in [-0.05, 0) is 36.8 Å². The fourth-order valence-electron chi connectivity index (χ4n) is 3.84. The molecule has 0 bridgehead atoms. The third-order valence-corrected chi connectivity index (χ3v) is 5.78. The molecule has 0 N–H and O–H groups in total. The van der Waals surface area contributed by atoms with Crippen molar-refractivity contribution in [2.24, 2.45) is 0 Å². The molecule has 162 valence electrons. The van der Waals surface area contributed by atoms with E-state index in [1.54, 1.807) is 52.9 Å². The van der Waals surface area contributed by atoms with E-state index in [1.165, 1.54) is 0 Å². The van der Waals surface area contributed by atoms with Gasteiger partial charge in [0, 0.05) is 17.8 Å². The highest BCUT2D eigenvalue weighted by atomic mass is 16.5. The third-order valence-electron chi connectivity index (χ3n) is 5.78. The zero-order valence-electron chi connectivity index (χ0n) is 18.0. The Labute approximate surface area is 185 Å². The SMILES string of the molecule is CC(c1ccccc1)N(C)C(=O)COC(=O)Cn1c2ccccc2c(=O)c2ccccc21. The molecule has 6 heteroatoms. The van der Waals surface area contributed by atoms with Crippen LogP contribution < -0.4 is 5.43 Å². The predicted octanol–water partition coefficient (Wildman–Crippen LogP) is 3.92. The number of hydrogen-bond acceptors (Lipinski definition) is 4. The van der Waals surface area contributed by atoms with Crippen LogP contribution in [0.25, 0.3) is 21.8 Å². The molecule has 1 aromatic heterocycles. The molecule has 0 aliphatic carbocycles. The minimum atomic E-state index is -0.543. The second kappa shape index (κ2) is 9.06. The lowest BCUT2D eigenvalue weighted by atomic mass is 10.1. The van der Waals surface area contributed by atoms with Crippen LogP contribution in [0.3, 0.4) is 0 Å². The number of para-hydroxylation sites is 2. The van der Waals surface area contributed by atoms with Crippen LogP contribution in [0.5, 0.6) is 0 Å². The number of carbonyl (C=O) groups excluding carboxylic acids is 2. The highest BCUT2D eigenvalue weighted by molar-refractivity contribution is 5.94. The van der Waals surface area contributed by atoms with Crippen LogP contribution in [0.4, 0.5) is 0 Å². The van der Waals surface area contributed by atoms with Gasteiger partial charge < -0.3 is 14.2 Å². The van der Waals surface area contributed by atoms with Crippen LogP contribution in [0.2, 0.25) is 0 Å². The van der Waals surface area contributed by atoms with Crippen LogP contribution in [0.15, 0.2) is 83.7 Å². The summed E-state index contributed by atoms with van der Waals surface area (Å²) in [7, 11) is 1.69. The average Bonchev–Trinajstić information content (AvgIpc) is 2.84. The molecule has 1 atom stereocenters. The third kappa shape index (κ3) is 4.12. The molecule has 0 fully saturated rings. The van der Waals surface area contributed by atoms with Crippen molar-refractivity contribution < 1.29 is 14.3 Å². The fourth-order valence-corrected chi connectivity index (χ4v) is 3.84. The Balaban J connectivity index is 1.51. The van der Waals surface area contributed by atoms with Gasteiger partial charge in [0.15, 0.2) is 12.0 Å². The topological polar surface area (TPSA) is 68.6 Å². The van der Waals surface area contributed by atoms with Crippen molar-refractivity contribution in [2.45, 2.75) is 19.5 Å². The summed E-state index contributed by atoms with van der Waals surface area (Å²) >= 11 is 0. The van der Waals surface area contributed by atoms with E-state index in [-0.39, 0.29) is 30.5 Å². The molecule has 0 aliphatic heterocycles. The molecule has 0 spiro atoms. The number of likely N-dealkylation sites (N-methyl/N-ethyl adjacent to an activating group) is 1. The summed E-state index contributed by atoms with van der Waals surface area (Å²) in [6, 6.07) is 23.8. The molecule has 1 unspecified atom stereocenters. The van der Waals surface area contributed by atoms with E-state index in [0.717, 1.165) is 5.56 Å². The van der Waals surface area contributed by atoms with Gasteiger partial charge in [-0.15, -0.1) is 0 Å². The van der Waals surface area contributed by atoms with Gasteiger partial charge >= 0.3 is 5.97 Å². The van der Waals surface area contributed by atoms with Gasteiger partial charge in [-0.25, -0.2) is 0 Å². The van der Waals surface area contributed by atoms with Crippen LogP contribution in [-0.2, 0) is 20.9 Å². The van der Waals surface area contributed by atoms with Gasteiger partial charge in [-0.2, -0.15) is 0 Å². The zero-order valence-corrected chi connectivity index (χ0v) is 18.0. The number of pyridine rings is 1. The van der Waals surface area contributed by atoms with Crippen LogP contribution in [0.1, 0.15) is 18.5 Å².